The SMILES string of the molecule is COc1ccccc1CCNC(=S)c1ccc(N(C)C)cc1. The zero-order valence-electron chi connectivity index (χ0n) is 13.3. The van der Waals surface area contributed by atoms with E-state index in [9.17, 15) is 0 Å². The van der Waals surface area contributed by atoms with Crippen LogP contribution in [-0.2, 0) is 6.42 Å². The summed E-state index contributed by atoms with van der Waals surface area (Å²) < 4.78 is 5.36. The van der Waals surface area contributed by atoms with Gasteiger partial charge in [0, 0.05) is 31.9 Å². The summed E-state index contributed by atoms with van der Waals surface area (Å²) in [4.78, 5) is 2.85. The zero-order valence-corrected chi connectivity index (χ0v) is 14.1. The van der Waals surface area contributed by atoms with Gasteiger partial charge in [0.15, 0.2) is 0 Å². The molecule has 2 aromatic rings. The number of thiocarbonyl (C=S) groups is 1. The smallest absolute Gasteiger partial charge is 0.122 e. The highest BCUT2D eigenvalue weighted by molar-refractivity contribution is 7.80. The highest BCUT2D eigenvalue weighted by Gasteiger charge is 2.04. The highest BCUT2D eigenvalue weighted by Crippen LogP contribution is 2.17. The lowest BCUT2D eigenvalue weighted by Gasteiger charge is -2.14. The first-order chi connectivity index (χ1) is 10.6. The first-order valence-electron chi connectivity index (χ1n) is 7.29. The molecule has 1 N–H and O–H groups in total. The van der Waals surface area contributed by atoms with Gasteiger partial charge in [-0.15, -0.1) is 0 Å². The highest BCUT2D eigenvalue weighted by atomic mass is 32.1. The normalized spacial score (nSPS) is 10.1. The van der Waals surface area contributed by atoms with Crippen molar-refractivity contribution in [3.63, 3.8) is 0 Å². The number of nitrogens with one attached hydrogen (secondary N) is 1. The Morgan fingerprint density at radius 2 is 1.77 bits per heavy atom. The van der Waals surface area contributed by atoms with Gasteiger partial charge in [0.05, 0.1) is 7.11 Å². The van der Waals surface area contributed by atoms with Crippen LogP contribution in [0.25, 0.3) is 0 Å². The summed E-state index contributed by atoms with van der Waals surface area (Å²) in [7, 11) is 5.75. The average Bonchev–Trinajstić information content (AvgIpc) is 2.55. The van der Waals surface area contributed by atoms with Crippen molar-refractivity contribution in [1.29, 1.82) is 0 Å². The molecule has 2 aromatic carbocycles. The lowest BCUT2D eigenvalue weighted by atomic mass is 10.1. The van der Waals surface area contributed by atoms with Crippen LogP contribution in [0.2, 0.25) is 0 Å². The molecule has 0 amide bonds. The van der Waals surface area contributed by atoms with Crippen molar-refractivity contribution >= 4 is 22.9 Å². The van der Waals surface area contributed by atoms with E-state index in [2.05, 4.69) is 28.4 Å². The van der Waals surface area contributed by atoms with Crippen molar-refractivity contribution in [1.82, 2.24) is 5.32 Å². The zero-order chi connectivity index (χ0) is 15.9. The van der Waals surface area contributed by atoms with E-state index in [0.29, 0.717) is 0 Å². The topological polar surface area (TPSA) is 24.5 Å². The molecule has 0 radical (unpaired) electrons. The Kier molecular flexibility index (Phi) is 5.78. The fraction of sp³-hybridized carbons (Fsp3) is 0.278. The van der Waals surface area contributed by atoms with Crippen LogP contribution in [0, 0.1) is 0 Å². The maximum absolute atomic E-state index is 5.45. The minimum absolute atomic E-state index is 0.778. The van der Waals surface area contributed by atoms with Crippen LogP contribution in [0.3, 0.4) is 0 Å². The Bertz CT molecular complexity index is 623. The minimum atomic E-state index is 0.778. The number of ether oxygens (including phenoxy) is 1. The van der Waals surface area contributed by atoms with Crippen molar-refractivity contribution in [3.8, 4) is 5.75 Å². The van der Waals surface area contributed by atoms with E-state index in [1.165, 1.54) is 11.3 Å². The van der Waals surface area contributed by atoms with E-state index in [4.69, 9.17) is 17.0 Å². The van der Waals surface area contributed by atoms with Crippen molar-refractivity contribution < 1.29 is 4.74 Å². The first kappa shape index (κ1) is 16.3. The van der Waals surface area contributed by atoms with Gasteiger partial charge in [-0.2, -0.15) is 0 Å². The van der Waals surface area contributed by atoms with Gasteiger partial charge < -0.3 is 15.0 Å². The monoisotopic (exact) mass is 314 g/mol. The fourth-order valence-electron chi connectivity index (χ4n) is 2.23. The molecule has 0 heterocycles. The summed E-state index contributed by atoms with van der Waals surface area (Å²) in [6.45, 7) is 0.786. The van der Waals surface area contributed by atoms with Gasteiger partial charge in [0.1, 0.15) is 10.7 Å². The van der Waals surface area contributed by atoms with Gasteiger partial charge >= 0.3 is 0 Å². The fourth-order valence-corrected chi connectivity index (χ4v) is 2.47. The molecule has 0 bridgehead atoms. The third kappa shape index (κ3) is 4.21. The standard InChI is InChI=1S/C18H22N2OS/c1-20(2)16-10-8-15(9-11-16)18(22)19-13-12-14-6-4-5-7-17(14)21-3/h4-11H,12-13H2,1-3H3,(H,19,22). The van der Waals surface area contributed by atoms with E-state index >= 15 is 0 Å². The molecule has 0 saturated heterocycles. The van der Waals surface area contributed by atoms with E-state index < -0.39 is 0 Å². The maximum Gasteiger partial charge on any atom is 0.122 e. The van der Waals surface area contributed by atoms with Crippen LogP contribution < -0.4 is 15.0 Å². The number of para-hydroxylation sites is 1. The Labute approximate surface area is 137 Å². The summed E-state index contributed by atoms with van der Waals surface area (Å²) in [5.41, 5.74) is 3.39. The van der Waals surface area contributed by atoms with Crippen LogP contribution >= 0.6 is 12.2 Å². The molecule has 0 atom stereocenters. The van der Waals surface area contributed by atoms with E-state index in [1.807, 2.05) is 44.4 Å². The van der Waals surface area contributed by atoms with Crippen LogP contribution in [0.15, 0.2) is 48.5 Å². The molecule has 0 fully saturated rings. The number of anilines is 1. The molecule has 0 aliphatic rings. The van der Waals surface area contributed by atoms with E-state index in [1.54, 1.807) is 7.11 Å². The summed E-state index contributed by atoms with van der Waals surface area (Å²) >= 11 is 5.45. The predicted molar refractivity (Wildman–Crippen MR) is 97.2 cm³/mol. The van der Waals surface area contributed by atoms with Gasteiger partial charge in [0.25, 0.3) is 0 Å². The predicted octanol–water partition coefficient (Wildman–Crippen LogP) is 3.27. The van der Waals surface area contributed by atoms with Gasteiger partial charge in [-0.3, -0.25) is 0 Å². The van der Waals surface area contributed by atoms with Gasteiger partial charge in [-0.1, -0.05) is 30.4 Å². The van der Waals surface area contributed by atoms with Crippen LogP contribution in [-0.4, -0.2) is 32.7 Å². The molecular formula is C18H22N2OS. The first-order valence-corrected chi connectivity index (χ1v) is 7.70. The molecule has 0 spiro atoms. The molecule has 3 nitrogen and oxygen atoms in total. The van der Waals surface area contributed by atoms with Crippen LogP contribution in [0.5, 0.6) is 5.75 Å². The molecule has 2 rings (SSSR count). The third-order valence-electron chi connectivity index (χ3n) is 3.52. The molecular weight excluding hydrogens is 292 g/mol. The molecule has 0 aliphatic heterocycles. The van der Waals surface area contributed by atoms with Crippen molar-refractivity contribution in [2.24, 2.45) is 0 Å². The average molecular weight is 314 g/mol. The minimum Gasteiger partial charge on any atom is -0.496 e. The Hall–Kier alpha value is -2.07. The number of methoxy groups -OCH3 is 1. The van der Waals surface area contributed by atoms with Gasteiger partial charge in [0.2, 0.25) is 0 Å². The number of hydrogen-bond acceptors (Lipinski definition) is 3. The number of nitrogens with zero attached hydrogens (tertiary/aromatic N) is 1. The molecule has 0 unspecified atom stereocenters. The molecule has 4 heteroatoms. The van der Waals surface area contributed by atoms with Crippen LogP contribution in [0.4, 0.5) is 5.69 Å². The molecule has 0 saturated carbocycles. The third-order valence-corrected chi connectivity index (χ3v) is 3.90. The van der Waals surface area contributed by atoms with Crippen molar-refractivity contribution in [2.45, 2.75) is 6.42 Å². The van der Waals surface area contributed by atoms with Gasteiger partial charge in [-0.05, 0) is 42.3 Å². The molecule has 0 aliphatic carbocycles. The second-order valence-corrected chi connectivity index (χ2v) is 5.67. The Morgan fingerprint density at radius 1 is 1.09 bits per heavy atom. The quantitative estimate of drug-likeness (QED) is 0.827. The number of hydrogen-bond donors (Lipinski definition) is 1. The van der Waals surface area contributed by atoms with E-state index in [-0.39, 0.29) is 0 Å². The second kappa shape index (κ2) is 7.80. The second-order valence-electron chi connectivity index (χ2n) is 5.26. The van der Waals surface area contributed by atoms with Crippen molar-refractivity contribution in [3.05, 3.63) is 59.7 Å². The Balaban J connectivity index is 1.90. The van der Waals surface area contributed by atoms with Crippen molar-refractivity contribution in [2.75, 3.05) is 32.6 Å². The summed E-state index contributed by atoms with van der Waals surface area (Å²) in [5.74, 6) is 0.922. The van der Waals surface area contributed by atoms with Gasteiger partial charge in [-0.25, -0.2) is 0 Å². The molecule has 116 valence electrons. The lowest BCUT2D eigenvalue weighted by Crippen LogP contribution is -2.24. The largest absolute Gasteiger partial charge is 0.496 e. The Morgan fingerprint density at radius 3 is 2.41 bits per heavy atom. The summed E-state index contributed by atoms with van der Waals surface area (Å²) in [6, 6.07) is 16.3. The molecule has 0 aromatic heterocycles. The maximum atomic E-state index is 5.45. The molecule has 22 heavy (non-hydrogen) atoms. The number of rotatable bonds is 6. The van der Waals surface area contributed by atoms with E-state index in [0.717, 1.165) is 29.3 Å². The van der Waals surface area contributed by atoms with Crippen LogP contribution in [0.1, 0.15) is 11.1 Å². The summed E-state index contributed by atoms with van der Waals surface area (Å²) in [5, 5.41) is 3.31. The number of benzene rings is 2. The summed E-state index contributed by atoms with van der Waals surface area (Å²) in [6.07, 6.45) is 0.875. The lowest BCUT2D eigenvalue weighted by molar-refractivity contribution is 0.409.